The van der Waals surface area contributed by atoms with Crippen molar-refractivity contribution >= 4 is 0 Å². The summed E-state index contributed by atoms with van der Waals surface area (Å²) in [5.74, 6) is 4.97. The number of aliphatic hydroxyl groups is 2. The second-order valence-electron chi connectivity index (χ2n) is 2.74. The van der Waals surface area contributed by atoms with Crippen LogP contribution in [-0.2, 0) is 0 Å². The van der Waals surface area contributed by atoms with E-state index in [-0.39, 0.29) is 0 Å². The first-order valence-corrected chi connectivity index (χ1v) is 3.94. The Balaban J connectivity index is 2.56. The quantitative estimate of drug-likeness (QED) is 0.259. The van der Waals surface area contributed by atoms with Crippen LogP contribution in [-0.4, -0.2) is 22.5 Å². The average molecular weight is 170 g/mol. The van der Waals surface area contributed by atoms with E-state index in [9.17, 15) is 5.11 Å². The molecule has 0 aromatic carbocycles. The van der Waals surface area contributed by atoms with Gasteiger partial charge in [0, 0.05) is 0 Å². The lowest BCUT2D eigenvalue weighted by atomic mass is 10.0. The van der Waals surface area contributed by atoms with Crippen LogP contribution < -0.4 is 11.3 Å². The van der Waals surface area contributed by atoms with Crippen LogP contribution in [0.4, 0.5) is 0 Å². The van der Waals surface area contributed by atoms with E-state index in [0.717, 1.165) is 12.8 Å². The van der Waals surface area contributed by atoms with Gasteiger partial charge in [-0.2, -0.15) is 0 Å². The van der Waals surface area contributed by atoms with Crippen molar-refractivity contribution in [2.45, 2.75) is 25.2 Å². The predicted octanol–water partition coefficient (Wildman–Crippen LogP) is -0.595. The summed E-state index contributed by atoms with van der Waals surface area (Å²) in [5.41, 5.74) is 2.81. The first-order valence-electron chi connectivity index (χ1n) is 3.94. The van der Waals surface area contributed by atoms with Crippen molar-refractivity contribution in [2.24, 2.45) is 5.84 Å². The fourth-order valence-electron chi connectivity index (χ4n) is 1.13. The molecule has 1 aliphatic rings. The second kappa shape index (κ2) is 4.37. The Labute approximate surface area is 71.4 Å². The van der Waals surface area contributed by atoms with Gasteiger partial charge in [0.1, 0.15) is 12.3 Å². The molecule has 1 aliphatic carbocycles. The van der Waals surface area contributed by atoms with Gasteiger partial charge in [-0.05, 0) is 18.4 Å². The van der Waals surface area contributed by atoms with Crippen molar-refractivity contribution < 1.29 is 10.2 Å². The normalized spacial score (nSPS) is 21.8. The van der Waals surface area contributed by atoms with Crippen LogP contribution in [0.15, 0.2) is 23.8 Å². The van der Waals surface area contributed by atoms with Crippen molar-refractivity contribution in [1.29, 1.82) is 0 Å². The third-order valence-electron chi connectivity index (χ3n) is 1.84. The lowest BCUT2D eigenvalue weighted by Crippen LogP contribution is -2.44. The molecule has 0 heterocycles. The number of rotatable bonds is 3. The van der Waals surface area contributed by atoms with Gasteiger partial charge < -0.3 is 10.2 Å². The fourth-order valence-corrected chi connectivity index (χ4v) is 1.13. The molecule has 0 fully saturated rings. The van der Waals surface area contributed by atoms with Crippen molar-refractivity contribution in [1.82, 2.24) is 5.43 Å². The molecule has 0 saturated carbocycles. The van der Waals surface area contributed by atoms with Gasteiger partial charge in [-0.3, -0.25) is 5.84 Å². The van der Waals surface area contributed by atoms with Crippen molar-refractivity contribution in [3.05, 3.63) is 23.8 Å². The van der Waals surface area contributed by atoms with Crippen LogP contribution >= 0.6 is 0 Å². The average Bonchev–Trinajstić information content (AvgIpc) is 2.17. The molecule has 4 heteroatoms. The Hall–Kier alpha value is -0.680. The van der Waals surface area contributed by atoms with E-state index < -0.39 is 12.3 Å². The number of nitrogens with one attached hydrogen (secondary N) is 1. The zero-order valence-electron chi connectivity index (χ0n) is 6.77. The SMILES string of the molecule is NNC(O)C(O)C1=CCCC=C1. The first-order chi connectivity index (χ1) is 5.75. The second-order valence-corrected chi connectivity index (χ2v) is 2.74. The molecule has 1 rings (SSSR count). The highest BCUT2D eigenvalue weighted by Gasteiger charge is 2.17. The first kappa shape index (κ1) is 9.41. The van der Waals surface area contributed by atoms with E-state index in [0.29, 0.717) is 5.57 Å². The summed E-state index contributed by atoms with van der Waals surface area (Å²) in [7, 11) is 0. The number of nitrogens with two attached hydrogens (primary N) is 1. The van der Waals surface area contributed by atoms with Gasteiger partial charge in [0.05, 0.1) is 0 Å². The lowest BCUT2D eigenvalue weighted by molar-refractivity contribution is 0.0208. The lowest BCUT2D eigenvalue weighted by Gasteiger charge is -2.19. The Morgan fingerprint density at radius 3 is 2.67 bits per heavy atom. The molecule has 0 amide bonds. The minimum Gasteiger partial charge on any atom is -0.384 e. The van der Waals surface area contributed by atoms with E-state index in [2.05, 4.69) is 5.43 Å². The maximum atomic E-state index is 9.43. The molecule has 0 radical (unpaired) electrons. The maximum absolute atomic E-state index is 9.43. The van der Waals surface area contributed by atoms with Crippen LogP contribution in [0.1, 0.15) is 12.8 Å². The van der Waals surface area contributed by atoms with Crippen molar-refractivity contribution in [3.63, 3.8) is 0 Å². The molecule has 0 saturated heterocycles. The van der Waals surface area contributed by atoms with Crippen LogP contribution in [0.25, 0.3) is 0 Å². The third-order valence-corrected chi connectivity index (χ3v) is 1.84. The molecule has 0 aromatic heterocycles. The summed E-state index contributed by atoms with van der Waals surface area (Å²) in [6.45, 7) is 0. The summed E-state index contributed by atoms with van der Waals surface area (Å²) >= 11 is 0. The monoisotopic (exact) mass is 170 g/mol. The van der Waals surface area contributed by atoms with E-state index in [1.54, 1.807) is 6.08 Å². The molecule has 12 heavy (non-hydrogen) atoms. The zero-order valence-corrected chi connectivity index (χ0v) is 6.77. The Kier molecular flexibility index (Phi) is 3.43. The number of hydrazine groups is 1. The number of hydrogen-bond donors (Lipinski definition) is 4. The summed E-state index contributed by atoms with van der Waals surface area (Å²) in [6, 6.07) is 0. The van der Waals surface area contributed by atoms with Crippen molar-refractivity contribution in [2.75, 3.05) is 0 Å². The molecule has 2 unspecified atom stereocenters. The van der Waals surface area contributed by atoms with Gasteiger partial charge in [0.25, 0.3) is 0 Å². The molecule has 0 aromatic rings. The Morgan fingerprint density at radius 1 is 1.42 bits per heavy atom. The van der Waals surface area contributed by atoms with Gasteiger partial charge in [0.15, 0.2) is 0 Å². The molecule has 4 nitrogen and oxygen atoms in total. The summed E-state index contributed by atoms with van der Waals surface area (Å²) in [4.78, 5) is 0. The molecule has 0 bridgehead atoms. The summed E-state index contributed by atoms with van der Waals surface area (Å²) in [6.07, 6.45) is 5.51. The highest BCUT2D eigenvalue weighted by Crippen LogP contribution is 2.14. The molecule has 68 valence electrons. The number of hydrogen-bond acceptors (Lipinski definition) is 4. The highest BCUT2D eigenvalue weighted by molar-refractivity contribution is 5.26. The largest absolute Gasteiger partial charge is 0.384 e. The third kappa shape index (κ3) is 2.15. The highest BCUT2D eigenvalue weighted by atomic mass is 16.3. The van der Waals surface area contributed by atoms with E-state index in [1.165, 1.54) is 0 Å². The topological polar surface area (TPSA) is 78.5 Å². The van der Waals surface area contributed by atoms with Crippen LogP contribution in [0.3, 0.4) is 0 Å². The van der Waals surface area contributed by atoms with Gasteiger partial charge in [-0.25, -0.2) is 5.43 Å². The zero-order chi connectivity index (χ0) is 8.97. The van der Waals surface area contributed by atoms with Gasteiger partial charge in [-0.1, -0.05) is 18.2 Å². The van der Waals surface area contributed by atoms with Gasteiger partial charge in [0.2, 0.25) is 0 Å². The van der Waals surface area contributed by atoms with Crippen molar-refractivity contribution in [3.8, 4) is 0 Å². The summed E-state index contributed by atoms with van der Waals surface area (Å²) < 4.78 is 0. The molecular weight excluding hydrogens is 156 g/mol. The number of allylic oxidation sites excluding steroid dienone is 2. The van der Waals surface area contributed by atoms with E-state index in [4.69, 9.17) is 10.9 Å². The standard InChI is InChI=1S/C8H14N2O2/c9-10-8(12)7(11)6-4-2-1-3-5-6/h2,4-5,7-8,10-12H,1,3,9H2. The molecular formula is C8H14N2O2. The predicted molar refractivity (Wildman–Crippen MR) is 45.8 cm³/mol. The van der Waals surface area contributed by atoms with Gasteiger partial charge in [-0.15, -0.1) is 0 Å². The van der Waals surface area contributed by atoms with E-state index >= 15 is 0 Å². The van der Waals surface area contributed by atoms with Crippen LogP contribution in [0.5, 0.6) is 0 Å². The van der Waals surface area contributed by atoms with Crippen LogP contribution in [0, 0.1) is 0 Å². The number of aliphatic hydroxyl groups excluding tert-OH is 2. The van der Waals surface area contributed by atoms with E-state index in [1.807, 2.05) is 12.2 Å². The van der Waals surface area contributed by atoms with Gasteiger partial charge >= 0.3 is 0 Å². The molecule has 5 N–H and O–H groups in total. The maximum Gasteiger partial charge on any atom is 0.147 e. The fraction of sp³-hybridized carbons (Fsp3) is 0.500. The summed E-state index contributed by atoms with van der Waals surface area (Å²) in [5, 5.41) is 18.5. The Bertz CT molecular complexity index is 201. The Morgan fingerprint density at radius 2 is 2.17 bits per heavy atom. The molecule has 2 atom stereocenters. The minimum atomic E-state index is -1.10. The molecule has 0 spiro atoms. The van der Waals surface area contributed by atoms with Crippen LogP contribution in [0.2, 0.25) is 0 Å². The molecule has 0 aliphatic heterocycles. The minimum absolute atomic E-state index is 0.715. The smallest absolute Gasteiger partial charge is 0.147 e.